The van der Waals surface area contributed by atoms with E-state index in [1.165, 1.54) is 6.07 Å². The number of rotatable bonds is 3. The van der Waals surface area contributed by atoms with Crippen LogP contribution in [-0.4, -0.2) is 5.11 Å². The molecular formula is C13H9Br2F2NO. The molecule has 0 heterocycles. The predicted molar refractivity (Wildman–Crippen MR) is 77.2 cm³/mol. The average molecular weight is 393 g/mol. The lowest BCUT2D eigenvalue weighted by Crippen LogP contribution is -2.02. The zero-order valence-corrected chi connectivity index (χ0v) is 12.7. The van der Waals surface area contributed by atoms with Crippen molar-refractivity contribution in [2.75, 3.05) is 5.32 Å². The predicted octanol–water partition coefficient (Wildman–Crippen LogP) is 4.81. The highest BCUT2D eigenvalue weighted by Gasteiger charge is 2.09. The molecule has 0 spiro atoms. The zero-order chi connectivity index (χ0) is 14.0. The van der Waals surface area contributed by atoms with Gasteiger partial charge in [-0.3, -0.25) is 0 Å². The number of benzene rings is 2. The maximum absolute atomic E-state index is 13.6. The highest BCUT2D eigenvalue weighted by molar-refractivity contribution is 9.10. The minimum atomic E-state index is -0.567. The number of hydrogen-bond acceptors (Lipinski definition) is 2. The minimum Gasteiger partial charge on any atom is -0.508 e. The van der Waals surface area contributed by atoms with E-state index >= 15 is 0 Å². The van der Waals surface area contributed by atoms with Gasteiger partial charge in [0.25, 0.3) is 0 Å². The van der Waals surface area contributed by atoms with Crippen LogP contribution < -0.4 is 5.32 Å². The van der Waals surface area contributed by atoms with Crippen LogP contribution in [0.5, 0.6) is 5.75 Å². The number of anilines is 1. The Balaban J connectivity index is 2.19. The summed E-state index contributed by atoms with van der Waals surface area (Å²) in [6.07, 6.45) is 0. The quantitative estimate of drug-likeness (QED) is 0.735. The molecular weight excluding hydrogens is 384 g/mol. The average Bonchev–Trinajstić information content (AvgIpc) is 2.36. The Morgan fingerprint density at radius 1 is 1.05 bits per heavy atom. The smallest absolute Gasteiger partial charge is 0.147 e. The second-order valence-electron chi connectivity index (χ2n) is 3.87. The molecule has 2 aromatic rings. The maximum atomic E-state index is 13.6. The number of aromatic hydroxyl groups is 1. The van der Waals surface area contributed by atoms with E-state index in [2.05, 4.69) is 37.2 Å². The number of phenols is 1. The van der Waals surface area contributed by atoms with Gasteiger partial charge in [0.05, 0.1) is 10.2 Å². The van der Waals surface area contributed by atoms with Crippen LogP contribution in [0, 0.1) is 11.6 Å². The van der Waals surface area contributed by atoms with Crippen LogP contribution in [-0.2, 0) is 6.54 Å². The molecule has 6 heteroatoms. The van der Waals surface area contributed by atoms with Crippen molar-refractivity contribution in [2.45, 2.75) is 6.54 Å². The third-order valence-corrected chi connectivity index (χ3v) is 3.62. The summed E-state index contributed by atoms with van der Waals surface area (Å²) >= 11 is 6.19. The number of nitrogens with one attached hydrogen (secondary N) is 1. The standard InChI is InChI=1S/C13H9Br2F2NO/c14-8-1-2-13(19)7(3-8)6-18-12-5-10(16)9(15)4-11(12)17/h1-5,18-19H,6H2. The Morgan fingerprint density at radius 2 is 1.79 bits per heavy atom. The highest BCUT2D eigenvalue weighted by atomic mass is 79.9. The third kappa shape index (κ3) is 3.45. The Morgan fingerprint density at radius 3 is 2.53 bits per heavy atom. The number of halogens is 4. The van der Waals surface area contributed by atoms with Gasteiger partial charge in [-0.25, -0.2) is 8.78 Å². The van der Waals surface area contributed by atoms with E-state index < -0.39 is 11.6 Å². The van der Waals surface area contributed by atoms with Crippen molar-refractivity contribution in [1.82, 2.24) is 0 Å². The maximum Gasteiger partial charge on any atom is 0.147 e. The van der Waals surface area contributed by atoms with Crippen LogP contribution in [0.3, 0.4) is 0 Å². The van der Waals surface area contributed by atoms with E-state index in [4.69, 9.17) is 0 Å². The molecule has 0 unspecified atom stereocenters. The molecule has 0 aliphatic heterocycles. The van der Waals surface area contributed by atoms with Crippen molar-refractivity contribution < 1.29 is 13.9 Å². The van der Waals surface area contributed by atoms with Gasteiger partial charge in [0.15, 0.2) is 0 Å². The summed E-state index contributed by atoms with van der Waals surface area (Å²) in [6.45, 7) is 0.184. The van der Waals surface area contributed by atoms with E-state index in [-0.39, 0.29) is 22.5 Å². The van der Waals surface area contributed by atoms with Crippen molar-refractivity contribution in [2.24, 2.45) is 0 Å². The van der Waals surface area contributed by atoms with E-state index in [0.29, 0.717) is 5.56 Å². The van der Waals surface area contributed by atoms with Crippen LogP contribution in [0.2, 0.25) is 0 Å². The Hall–Kier alpha value is -1.14. The zero-order valence-electron chi connectivity index (χ0n) is 9.55. The topological polar surface area (TPSA) is 32.3 Å². The van der Waals surface area contributed by atoms with Gasteiger partial charge in [-0.05, 0) is 40.2 Å². The summed E-state index contributed by atoms with van der Waals surface area (Å²) in [7, 11) is 0. The van der Waals surface area contributed by atoms with Gasteiger partial charge in [-0.2, -0.15) is 0 Å². The fraction of sp³-hybridized carbons (Fsp3) is 0.0769. The first-order chi connectivity index (χ1) is 8.97. The van der Waals surface area contributed by atoms with E-state index in [1.807, 2.05) is 0 Å². The van der Waals surface area contributed by atoms with Crippen LogP contribution in [0.1, 0.15) is 5.56 Å². The summed E-state index contributed by atoms with van der Waals surface area (Å²) in [4.78, 5) is 0. The molecule has 2 nitrogen and oxygen atoms in total. The summed E-state index contributed by atoms with van der Waals surface area (Å²) in [5.41, 5.74) is 0.622. The van der Waals surface area contributed by atoms with Crippen molar-refractivity contribution in [1.29, 1.82) is 0 Å². The molecule has 0 aliphatic carbocycles. The molecule has 0 aliphatic rings. The molecule has 0 aromatic heterocycles. The van der Waals surface area contributed by atoms with E-state index in [9.17, 15) is 13.9 Å². The number of phenolic OH excluding ortho intramolecular Hbond substituents is 1. The molecule has 2 N–H and O–H groups in total. The second kappa shape index (κ2) is 5.88. The molecule has 0 amide bonds. The van der Waals surface area contributed by atoms with Gasteiger partial charge in [0.2, 0.25) is 0 Å². The Bertz CT molecular complexity index is 620. The van der Waals surface area contributed by atoms with E-state index in [1.54, 1.807) is 12.1 Å². The summed E-state index contributed by atoms with van der Waals surface area (Å²) in [5.74, 6) is -1.03. The molecule has 0 saturated heterocycles. The SMILES string of the molecule is Oc1ccc(Br)cc1CNc1cc(F)c(Br)cc1F. The normalized spacial score (nSPS) is 10.5. The Kier molecular flexibility index (Phi) is 4.42. The van der Waals surface area contributed by atoms with Crippen LogP contribution in [0.25, 0.3) is 0 Å². The van der Waals surface area contributed by atoms with Gasteiger partial charge in [-0.1, -0.05) is 15.9 Å². The minimum absolute atomic E-state index is 0.0417. The first kappa shape index (κ1) is 14.3. The first-order valence-electron chi connectivity index (χ1n) is 5.33. The molecule has 0 radical (unpaired) electrons. The van der Waals surface area contributed by atoms with Gasteiger partial charge in [-0.15, -0.1) is 0 Å². The molecule has 100 valence electrons. The lowest BCUT2D eigenvalue weighted by Gasteiger charge is -2.10. The Labute approximate surface area is 125 Å². The summed E-state index contributed by atoms with van der Waals surface area (Å²) in [5, 5.41) is 12.4. The van der Waals surface area contributed by atoms with Crippen LogP contribution in [0.4, 0.5) is 14.5 Å². The lowest BCUT2D eigenvalue weighted by molar-refractivity contribution is 0.469. The fourth-order valence-corrected chi connectivity index (χ4v) is 2.27. The highest BCUT2D eigenvalue weighted by Crippen LogP contribution is 2.26. The molecule has 0 fully saturated rings. The first-order valence-corrected chi connectivity index (χ1v) is 6.92. The van der Waals surface area contributed by atoms with Crippen molar-refractivity contribution >= 4 is 37.5 Å². The van der Waals surface area contributed by atoms with Crippen LogP contribution in [0.15, 0.2) is 39.3 Å². The van der Waals surface area contributed by atoms with Crippen LogP contribution >= 0.6 is 31.9 Å². The molecule has 0 bridgehead atoms. The van der Waals surface area contributed by atoms with Gasteiger partial charge < -0.3 is 10.4 Å². The van der Waals surface area contributed by atoms with Gasteiger partial charge in [0, 0.05) is 22.6 Å². The number of hydrogen-bond donors (Lipinski definition) is 2. The summed E-state index contributed by atoms with van der Waals surface area (Å²) < 4.78 is 27.8. The van der Waals surface area contributed by atoms with Gasteiger partial charge >= 0.3 is 0 Å². The monoisotopic (exact) mass is 391 g/mol. The largest absolute Gasteiger partial charge is 0.508 e. The second-order valence-corrected chi connectivity index (χ2v) is 5.64. The van der Waals surface area contributed by atoms with Crippen molar-refractivity contribution in [3.63, 3.8) is 0 Å². The fourth-order valence-electron chi connectivity index (χ4n) is 1.54. The molecule has 19 heavy (non-hydrogen) atoms. The molecule has 0 atom stereocenters. The lowest BCUT2D eigenvalue weighted by atomic mass is 10.2. The molecule has 2 rings (SSSR count). The van der Waals surface area contributed by atoms with E-state index in [0.717, 1.165) is 16.6 Å². The van der Waals surface area contributed by atoms with Crippen molar-refractivity contribution in [3.8, 4) is 5.75 Å². The van der Waals surface area contributed by atoms with Gasteiger partial charge in [0.1, 0.15) is 17.4 Å². The molecule has 0 saturated carbocycles. The van der Waals surface area contributed by atoms with Crippen molar-refractivity contribution in [3.05, 3.63) is 56.5 Å². The third-order valence-electron chi connectivity index (χ3n) is 2.52. The molecule has 2 aromatic carbocycles. The summed E-state index contributed by atoms with van der Waals surface area (Å²) in [6, 6.07) is 7.04.